The van der Waals surface area contributed by atoms with Gasteiger partial charge in [-0.15, -0.1) is 0 Å². The number of aliphatic hydroxyl groups is 1. The molecule has 4 heteroatoms. The number of aliphatic hydroxyl groups excluding tert-OH is 1. The Balaban J connectivity index is 2.57. The van der Waals surface area contributed by atoms with Gasteiger partial charge in [0.05, 0.1) is 12.3 Å². The van der Waals surface area contributed by atoms with E-state index in [1.807, 2.05) is 20.8 Å². The van der Waals surface area contributed by atoms with E-state index in [0.717, 1.165) is 17.0 Å². The van der Waals surface area contributed by atoms with Crippen LogP contribution in [0.3, 0.4) is 0 Å². The summed E-state index contributed by atoms with van der Waals surface area (Å²) < 4.78 is 15.5. The van der Waals surface area contributed by atoms with Gasteiger partial charge in [0.1, 0.15) is 11.5 Å². The zero-order valence-electron chi connectivity index (χ0n) is 10.2. The Bertz CT molecular complexity index is 561. The highest BCUT2D eigenvalue weighted by Crippen LogP contribution is 2.20. The summed E-state index contributed by atoms with van der Waals surface area (Å²) >= 11 is 0. The minimum Gasteiger partial charge on any atom is -0.392 e. The fourth-order valence-corrected chi connectivity index (χ4v) is 1.78. The molecule has 0 atom stereocenters. The third-order valence-corrected chi connectivity index (χ3v) is 3.08. The molecule has 0 aliphatic heterocycles. The fraction of sp³-hybridized carbons (Fsp3) is 0.308. The molecule has 0 saturated carbocycles. The van der Waals surface area contributed by atoms with Crippen LogP contribution in [-0.2, 0) is 6.61 Å². The Morgan fingerprint density at radius 3 is 2.47 bits per heavy atom. The van der Waals surface area contributed by atoms with Crippen LogP contribution in [0.15, 0.2) is 18.2 Å². The van der Waals surface area contributed by atoms with E-state index in [1.165, 1.54) is 6.07 Å². The highest BCUT2D eigenvalue weighted by atomic mass is 19.1. The molecule has 2 rings (SSSR count). The monoisotopic (exact) mass is 234 g/mol. The van der Waals surface area contributed by atoms with E-state index in [9.17, 15) is 4.39 Å². The van der Waals surface area contributed by atoms with Crippen molar-refractivity contribution in [2.75, 3.05) is 0 Å². The second-order valence-corrected chi connectivity index (χ2v) is 4.15. The summed E-state index contributed by atoms with van der Waals surface area (Å²) in [6.07, 6.45) is 0. The topological polar surface area (TPSA) is 38.0 Å². The summed E-state index contributed by atoms with van der Waals surface area (Å²) in [7, 11) is 0. The van der Waals surface area contributed by atoms with E-state index in [1.54, 1.807) is 16.8 Å². The Labute approximate surface area is 99.5 Å². The van der Waals surface area contributed by atoms with E-state index in [4.69, 9.17) is 5.11 Å². The van der Waals surface area contributed by atoms with Crippen LogP contribution < -0.4 is 0 Å². The molecule has 0 unspecified atom stereocenters. The van der Waals surface area contributed by atoms with Gasteiger partial charge >= 0.3 is 0 Å². The molecule has 1 heterocycles. The first-order chi connectivity index (χ1) is 8.04. The van der Waals surface area contributed by atoms with Gasteiger partial charge < -0.3 is 5.11 Å². The van der Waals surface area contributed by atoms with E-state index in [-0.39, 0.29) is 12.4 Å². The maximum absolute atomic E-state index is 13.9. The second-order valence-electron chi connectivity index (χ2n) is 4.15. The third kappa shape index (κ3) is 1.96. The number of aryl methyl sites for hydroxylation is 1. The van der Waals surface area contributed by atoms with Crippen LogP contribution in [0, 0.1) is 26.6 Å². The molecule has 3 nitrogen and oxygen atoms in total. The van der Waals surface area contributed by atoms with Crippen molar-refractivity contribution in [1.29, 1.82) is 0 Å². The first-order valence-corrected chi connectivity index (χ1v) is 5.47. The molecule has 1 N–H and O–H groups in total. The Hall–Kier alpha value is -1.68. The van der Waals surface area contributed by atoms with Gasteiger partial charge in [0.15, 0.2) is 0 Å². The third-order valence-electron chi connectivity index (χ3n) is 3.08. The maximum atomic E-state index is 13.9. The molecule has 0 bridgehead atoms. The number of rotatable bonds is 2. The lowest BCUT2D eigenvalue weighted by molar-refractivity contribution is 0.281. The van der Waals surface area contributed by atoms with E-state index >= 15 is 0 Å². The standard InChI is InChI=1S/C13H15FN2O/c1-8-9(2)15-16(10(8)3)13-5-4-11(7-17)6-12(13)14/h4-6,17H,7H2,1-3H3. The molecule has 0 aliphatic carbocycles. The summed E-state index contributed by atoms with van der Waals surface area (Å²) in [5, 5.41) is 13.2. The van der Waals surface area contributed by atoms with Gasteiger partial charge in [0.2, 0.25) is 0 Å². The smallest absolute Gasteiger partial charge is 0.149 e. The van der Waals surface area contributed by atoms with Crippen molar-refractivity contribution in [3.63, 3.8) is 0 Å². The van der Waals surface area contributed by atoms with Crippen molar-refractivity contribution in [3.05, 3.63) is 46.5 Å². The Morgan fingerprint density at radius 2 is 2.00 bits per heavy atom. The van der Waals surface area contributed by atoms with Crippen LogP contribution in [0.2, 0.25) is 0 Å². The number of nitrogens with zero attached hydrogens (tertiary/aromatic N) is 2. The number of benzene rings is 1. The van der Waals surface area contributed by atoms with E-state index in [2.05, 4.69) is 5.10 Å². The van der Waals surface area contributed by atoms with Crippen LogP contribution in [-0.4, -0.2) is 14.9 Å². The van der Waals surface area contributed by atoms with Crippen molar-refractivity contribution in [2.24, 2.45) is 0 Å². The molecule has 0 fully saturated rings. The summed E-state index contributed by atoms with van der Waals surface area (Å²) in [6.45, 7) is 5.62. The summed E-state index contributed by atoms with van der Waals surface area (Å²) in [5.41, 5.74) is 3.86. The average molecular weight is 234 g/mol. The van der Waals surface area contributed by atoms with Crippen LogP contribution in [0.1, 0.15) is 22.5 Å². The van der Waals surface area contributed by atoms with Gasteiger partial charge in [-0.05, 0) is 44.0 Å². The normalized spacial score (nSPS) is 10.9. The highest BCUT2D eigenvalue weighted by molar-refractivity contribution is 5.39. The van der Waals surface area contributed by atoms with Gasteiger partial charge in [-0.1, -0.05) is 6.07 Å². The molecule has 1 aromatic carbocycles. The summed E-state index contributed by atoms with van der Waals surface area (Å²) in [4.78, 5) is 0. The van der Waals surface area contributed by atoms with E-state index < -0.39 is 0 Å². The zero-order valence-corrected chi connectivity index (χ0v) is 10.2. The lowest BCUT2D eigenvalue weighted by Crippen LogP contribution is -2.03. The number of halogens is 1. The minimum atomic E-state index is -0.373. The summed E-state index contributed by atoms with van der Waals surface area (Å²) in [6, 6.07) is 4.67. The zero-order chi connectivity index (χ0) is 12.6. The Kier molecular flexibility index (Phi) is 2.98. The second kappa shape index (κ2) is 4.30. The minimum absolute atomic E-state index is 0.159. The maximum Gasteiger partial charge on any atom is 0.149 e. The molecule has 0 spiro atoms. The lowest BCUT2D eigenvalue weighted by Gasteiger charge is -2.07. The van der Waals surface area contributed by atoms with Gasteiger partial charge in [-0.3, -0.25) is 0 Å². The van der Waals surface area contributed by atoms with E-state index in [0.29, 0.717) is 11.3 Å². The average Bonchev–Trinajstić information content (AvgIpc) is 2.57. The van der Waals surface area contributed by atoms with Gasteiger partial charge in [-0.25, -0.2) is 9.07 Å². The predicted molar refractivity (Wildman–Crippen MR) is 63.7 cm³/mol. The van der Waals surface area contributed by atoms with Crippen molar-refractivity contribution < 1.29 is 9.50 Å². The molecule has 1 aromatic heterocycles. The fourth-order valence-electron chi connectivity index (χ4n) is 1.78. The van der Waals surface area contributed by atoms with Crippen molar-refractivity contribution >= 4 is 0 Å². The quantitative estimate of drug-likeness (QED) is 0.866. The van der Waals surface area contributed by atoms with Crippen LogP contribution >= 0.6 is 0 Å². The predicted octanol–water partition coefficient (Wildman–Crippen LogP) is 2.43. The number of hydrogen-bond acceptors (Lipinski definition) is 2. The van der Waals surface area contributed by atoms with Gasteiger partial charge in [-0.2, -0.15) is 5.10 Å². The summed E-state index contributed by atoms with van der Waals surface area (Å²) in [5.74, 6) is -0.373. The number of hydrogen-bond donors (Lipinski definition) is 1. The molecule has 17 heavy (non-hydrogen) atoms. The molecular formula is C13H15FN2O. The molecule has 90 valence electrons. The van der Waals surface area contributed by atoms with Crippen molar-refractivity contribution in [2.45, 2.75) is 27.4 Å². The van der Waals surface area contributed by atoms with Crippen molar-refractivity contribution in [3.8, 4) is 5.69 Å². The number of aromatic nitrogens is 2. The van der Waals surface area contributed by atoms with Crippen LogP contribution in [0.4, 0.5) is 4.39 Å². The van der Waals surface area contributed by atoms with Crippen LogP contribution in [0.5, 0.6) is 0 Å². The van der Waals surface area contributed by atoms with Gasteiger partial charge in [0, 0.05) is 5.69 Å². The molecular weight excluding hydrogens is 219 g/mol. The first kappa shape index (κ1) is 11.8. The highest BCUT2D eigenvalue weighted by Gasteiger charge is 2.12. The molecule has 0 saturated heterocycles. The molecule has 2 aromatic rings. The molecule has 0 radical (unpaired) electrons. The largest absolute Gasteiger partial charge is 0.392 e. The lowest BCUT2D eigenvalue weighted by atomic mass is 10.2. The molecule has 0 aliphatic rings. The molecule has 0 amide bonds. The SMILES string of the molecule is Cc1nn(-c2ccc(CO)cc2F)c(C)c1C. The van der Waals surface area contributed by atoms with Crippen LogP contribution in [0.25, 0.3) is 5.69 Å². The van der Waals surface area contributed by atoms with Crippen molar-refractivity contribution in [1.82, 2.24) is 9.78 Å². The van der Waals surface area contributed by atoms with Gasteiger partial charge in [0.25, 0.3) is 0 Å². The Morgan fingerprint density at radius 1 is 1.29 bits per heavy atom. The first-order valence-electron chi connectivity index (χ1n) is 5.47.